The number of unbranched alkanes of at least 4 members (excludes halogenated alkanes) is 10. The molecule has 2 aromatic carbocycles. The highest BCUT2D eigenvalue weighted by Gasteiger charge is 2.57. The molecular formula is C34H48N2O6. The second-order valence-electron chi connectivity index (χ2n) is 11.4. The number of oxime groups is 1. The molecule has 8 nitrogen and oxygen atoms in total. The van der Waals surface area contributed by atoms with Crippen LogP contribution in [-0.2, 0) is 20.2 Å². The Labute approximate surface area is 250 Å². The van der Waals surface area contributed by atoms with Crippen LogP contribution in [0.25, 0.3) is 0 Å². The molecule has 1 N–H and O–H groups in total. The van der Waals surface area contributed by atoms with E-state index >= 15 is 0 Å². The van der Waals surface area contributed by atoms with Gasteiger partial charge < -0.3 is 19.4 Å². The van der Waals surface area contributed by atoms with Crippen molar-refractivity contribution in [1.82, 2.24) is 5.06 Å². The SMILES string of the molecule is CCCCCCCCOc1ccc(C2=NOC3(c4ccc(OCCCCCCCC)cc4)CC(CC(=O)O)ON23)cc1. The van der Waals surface area contributed by atoms with Crippen LogP contribution in [0.2, 0.25) is 0 Å². The Balaban J connectivity index is 1.36. The lowest BCUT2D eigenvalue weighted by molar-refractivity contribution is -0.200. The number of carboxylic acid groups (broad SMARTS) is 1. The summed E-state index contributed by atoms with van der Waals surface area (Å²) in [5.41, 5.74) is 0.596. The number of carbonyl (C=O) groups is 1. The summed E-state index contributed by atoms with van der Waals surface area (Å²) >= 11 is 0. The van der Waals surface area contributed by atoms with Crippen LogP contribution in [0.1, 0.15) is 115 Å². The van der Waals surface area contributed by atoms with E-state index in [-0.39, 0.29) is 6.42 Å². The quantitative estimate of drug-likeness (QED) is 0.158. The van der Waals surface area contributed by atoms with Gasteiger partial charge in [-0.15, -0.1) is 0 Å². The molecule has 8 heteroatoms. The first-order valence-electron chi connectivity index (χ1n) is 16.0. The Morgan fingerprint density at radius 3 is 1.90 bits per heavy atom. The van der Waals surface area contributed by atoms with Gasteiger partial charge in [0.2, 0.25) is 5.84 Å². The Morgan fingerprint density at radius 1 is 0.833 bits per heavy atom. The van der Waals surface area contributed by atoms with Crippen LogP contribution < -0.4 is 9.47 Å². The van der Waals surface area contributed by atoms with Crippen molar-refractivity contribution in [3.05, 3.63) is 59.7 Å². The van der Waals surface area contributed by atoms with Crippen molar-refractivity contribution in [2.75, 3.05) is 13.2 Å². The van der Waals surface area contributed by atoms with E-state index in [9.17, 15) is 9.90 Å². The lowest BCUT2D eigenvalue weighted by Gasteiger charge is -2.28. The van der Waals surface area contributed by atoms with E-state index in [1.54, 1.807) is 5.06 Å². The van der Waals surface area contributed by atoms with Crippen molar-refractivity contribution in [2.24, 2.45) is 5.16 Å². The number of hydrogen-bond donors (Lipinski definition) is 1. The maximum absolute atomic E-state index is 11.5. The van der Waals surface area contributed by atoms with E-state index in [4.69, 9.17) is 19.1 Å². The zero-order valence-corrected chi connectivity index (χ0v) is 25.4. The molecule has 0 aliphatic carbocycles. The van der Waals surface area contributed by atoms with E-state index in [1.807, 2.05) is 48.5 Å². The fraction of sp³-hybridized carbons (Fsp3) is 0.588. The van der Waals surface area contributed by atoms with E-state index in [0.717, 1.165) is 35.5 Å². The first-order chi connectivity index (χ1) is 20.6. The van der Waals surface area contributed by atoms with Crippen molar-refractivity contribution in [3.63, 3.8) is 0 Å². The predicted molar refractivity (Wildman–Crippen MR) is 164 cm³/mol. The van der Waals surface area contributed by atoms with Gasteiger partial charge in [0.15, 0.2) is 0 Å². The maximum Gasteiger partial charge on any atom is 0.306 e. The second kappa shape index (κ2) is 16.4. The largest absolute Gasteiger partial charge is 0.494 e. The first-order valence-corrected chi connectivity index (χ1v) is 16.0. The molecule has 2 aromatic rings. The van der Waals surface area contributed by atoms with Gasteiger partial charge in [0.25, 0.3) is 5.72 Å². The minimum absolute atomic E-state index is 0.125. The number of fused-ring (bicyclic) bond motifs is 1. The van der Waals surface area contributed by atoms with Gasteiger partial charge in [-0.25, -0.2) is 0 Å². The first kappa shape index (κ1) is 31.7. The summed E-state index contributed by atoms with van der Waals surface area (Å²) < 4.78 is 11.9. The number of benzene rings is 2. The normalized spacial score (nSPS) is 19.3. The van der Waals surface area contributed by atoms with Gasteiger partial charge in [-0.05, 0) is 61.4 Å². The fourth-order valence-corrected chi connectivity index (χ4v) is 5.53. The predicted octanol–water partition coefficient (Wildman–Crippen LogP) is 8.19. The number of hydroxylamine groups is 2. The van der Waals surface area contributed by atoms with Crippen LogP contribution in [0.3, 0.4) is 0 Å². The standard InChI is InChI=1S/C34H48N2O6/c1-3-5-7-9-11-13-23-39-29-19-15-27(16-20-29)33-35-42-34(26-31(25-32(37)38)41-36(33)34)28-17-21-30(22-18-28)40-24-14-12-10-8-6-4-2/h15-22,31H,3-14,23-26H2,1-2H3,(H,37,38). The molecule has 0 saturated carbocycles. The Hall–Kier alpha value is -3.26. The smallest absolute Gasteiger partial charge is 0.306 e. The molecule has 2 atom stereocenters. The molecule has 42 heavy (non-hydrogen) atoms. The van der Waals surface area contributed by atoms with Gasteiger partial charge in [0.1, 0.15) is 17.6 Å². The second-order valence-corrected chi connectivity index (χ2v) is 11.4. The van der Waals surface area contributed by atoms with E-state index < -0.39 is 17.8 Å². The van der Waals surface area contributed by atoms with E-state index in [0.29, 0.717) is 25.5 Å². The lowest BCUT2D eigenvalue weighted by Crippen LogP contribution is -2.40. The molecule has 2 aliphatic rings. The summed E-state index contributed by atoms with van der Waals surface area (Å²) in [6, 6.07) is 15.5. The van der Waals surface area contributed by atoms with Crippen LogP contribution in [0.5, 0.6) is 11.5 Å². The van der Waals surface area contributed by atoms with Gasteiger partial charge in [-0.2, -0.15) is 5.06 Å². The summed E-state index contributed by atoms with van der Waals surface area (Å²) in [4.78, 5) is 23.8. The van der Waals surface area contributed by atoms with Crippen molar-refractivity contribution in [3.8, 4) is 11.5 Å². The summed E-state index contributed by atoms with van der Waals surface area (Å²) in [5.74, 6) is 1.20. The third-order valence-corrected chi connectivity index (χ3v) is 7.92. The van der Waals surface area contributed by atoms with Crippen LogP contribution in [0.15, 0.2) is 53.7 Å². The van der Waals surface area contributed by atoms with E-state index in [2.05, 4.69) is 19.0 Å². The maximum atomic E-state index is 11.5. The topological polar surface area (TPSA) is 89.8 Å². The number of amidine groups is 1. The average Bonchev–Trinajstić information content (AvgIpc) is 3.53. The number of ether oxygens (including phenoxy) is 2. The molecule has 4 rings (SSSR count). The molecule has 1 fully saturated rings. The summed E-state index contributed by atoms with van der Waals surface area (Å²) in [6.07, 6.45) is 14.3. The van der Waals surface area contributed by atoms with Gasteiger partial charge in [0, 0.05) is 17.5 Å². The highest BCUT2D eigenvalue weighted by atomic mass is 16.8. The third-order valence-electron chi connectivity index (χ3n) is 7.92. The minimum Gasteiger partial charge on any atom is -0.494 e. The van der Waals surface area contributed by atoms with Gasteiger partial charge in [0.05, 0.1) is 19.6 Å². The molecule has 2 unspecified atom stereocenters. The molecule has 0 spiro atoms. The molecule has 2 aliphatic heterocycles. The Morgan fingerprint density at radius 2 is 1.36 bits per heavy atom. The van der Waals surface area contributed by atoms with Crippen LogP contribution >= 0.6 is 0 Å². The Bertz CT molecular complexity index is 1120. The number of rotatable bonds is 20. The molecule has 0 radical (unpaired) electrons. The summed E-state index contributed by atoms with van der Waals surface area (Å²) in [6.45, 7) is 5.84. The zero-order valence-electron chi connectivity index (χ0n) is 25.4. The van der Waals surface area contributed by atoms with Gasteiger partial charge in [-0.1, -0.05) is 83.2 Å². The average molecular weight is 581 g/mol. The number of carboxylic acids is 1. The van der Waals surface area contributed by atoms with Gasteiger partial charge in [-0.3, -0.25) is 9.63 Å². The minimum atomic E-state index is -1.04. The van der Waals surface area contributed by atoms with Crippen molar-refractivity contribution in [2.45, 2.75) is 116 Å². The lowest BCUT2D eigenvalue weighted by atomic mass is 9.95. The highest BCUT2D eigenvalue weighted by molar-refractivity contribution is 5.99. The van der Waals surface area contributed by atoms with Gasteiger partial charge >= 0.3 is 5.97 Å². The molecule has 0 amide bonds. The monoisotopic (exact) mass is 580 g/mol. The summed E-state index contributed by atoms with van der Waals surface area (Å²) in [7, 11) is 0. The number of hydrogen-bond acceptors (Lipinski definition) is 7. The molecule has 0 bridgehead atoms. The molecular weight excluding hydrogens is 532 g/mol. The number of aliphatic carboxylic acids is 1. The molecule has 2 heterocycles. The highest BCUT2D eigenvalue weighted by Crippen LogP contribution is 2.47. The van der Waals surface area contributed by atoms with Crippen molar-refractivity contribution < 1.29 is 29.0 Å². The molecule has 230 valence electrons. The van der Waals surface area contributed by atoms with Crippen molar-refractivity contribution >= 4 is 11.8 Å². The zero-order chi connectivity index (χ0) is 29.6. The third kappa shape index (κ3) is 8.63. The molecule has 0 aromatic heterocycles. The van der Waals surface area contributed by atoms with Crippen molar-refractivity contribution in [1.29, 1.82) is 0 Å². The van der Waals surface area contributed by atoms with Crippen LogP contribution in [-0.4, -0.2) is 41.3 Å². The van der Waals surface area contributed by atoms with E-state index in [1.165, 1.54) is 64.2 Å². The summed E-state index contributed by atoms with van der Waals surface area (Å²) in [5, 5.41) is 15.5. The number of nitrogens with zero attached hydrogens (tertiary/aromatic N) is 2. The van der Waals surface area contributed by atoms with Crippen LogP contribution in [0, 0.1) is 0 Å². The Kier molecular flexibility index (Phi) is 12.4. The fourth-order valence-electron chi connectivity index (χ4n) is 5.53. The van der Waals surface area contributed by atoms with Crippen LogP contribution in [0.4, 0.5) is 0 Å². The molecule has 1 saturated heterocycles.